The van der Waals surface area contributed by atoms with Crippen LogP contribution in [0.1, 0.15) is 36.4 Å². The zero-order valence-corrected chi connectivity index (χ0v) is 14.1. The lowest BCUT2D eigenvalue weighted by atomic mass is 10.2. The number of thiophene rings is 1. The molecule has 2 aromatic rings. The van der Waals surface area contributed by atoms with Crippen LogP contribution in [0.5, 0.6) is 0 Å². The molecule has 0 radical (unpaired) electrons. The van der Waals surface area contributed by atoms with Gasteiger partial charge in [0.25, 0.3) is 5.91 Å². The van der Waals surface area contributed by atoms with Crippen LogP contribution in [0.3, 0.4) is 0 Å². The second-order valence-corrected chi connectivity index (χ2v) is 6.50. The predicted molar refractivity (Wildman–Crippen MR) is 89.6 cm³/mol. The third-order valence-corrected chi connectivity index (χ3v) is 4.84. The number of amides is 1. The highest BCUT2D eigenvalue weighted by Crippen LogP contribution is 2.35. The molecule has 0 spiro atoms. The van der Waals surface area contributed by atoms with Gasteiger partial charge in [-0.2, -0.15) is 0 Å². The maximum Gasteiger partial charge on any atom is 0.350 e. The van der Waals surface area contributed by atoms with Gasteiger partial charge in [-0.3, -0.25) is 4.79 Å². The second kappa shape index (κ2) is 7.61. The summed E-state index contributed by atoms with van der Waals surface area (Å²) in [6.07, 6.45) is 1.88. The zero-order chi connectivity index (χ0) is 16.1. The largest absolute Gasteiger partial charge is 0.451 e. The normalized spacial score (nSPS) is 12.1. The van der Waals surface area contributed by atoms with Gasteiger partial charge in [0.2, 0.25) is 0 Å². The molecule has 118 valence electrons. The number of ether oxygens (including phenoxy) is 1. The van der Waals surface area contributed by atoms with Crippen molar-refractivity contribution in [2.24, 2.45) is 0 Å². The van der Waals surface area contributed by atoms with Crippen molar-refractivity contribution < 1.29 is 14.3 Å². The van der Waals surface area contributed by atoms with Crippen molar-refractivity contribution in [2.45, 2.75) is 32.7 Å². The molecule has 0 aliphatic rings. The molecule has 1 aromatic heterocycles. The molecule has 0 aliphatic carbocycles. The van der Waals surface area contributed by atoms with E-state index >= 15 is 0 Å². The fraction of sp³-hybridized carbons (Fsp3) is 0.375. The number of carbonyl (C=O) groups is 2. The van der Waals surface area contributed by atoms with Gasteiger partial charge in [-0.15, -0.1) is 11.3 Å². The van der Waals surface area contributed by atoms with E-state index in [1.165, 1.54) is 11.3 Å². The molecule has 0 aliphatic heterocycles. The molecule has 0 bridgehead atoms. The summed E-state index contributed by atoms with van der Waals surface area (Å²) < 4.78 is 5.97. The summed E-state index contributed by atoms with van der Waals surface area (Å²) in [7, 11) is 0. The maximum atomic E-state index is 12.1. The lowest BCUT2D eigenvalue weighted by Crippen LogP contribution is -2.35. The number of hydrogen-bond donors (Lipinski definition) is 1. The van der Waals surface area contributed by atoms with Crippen molar-refractivity contribution in [3.05, 3.63) is 34.2 Å². The third-order valence-electron chi connectivity index (χ3n) is 3.18. The van der Waals surface area contributed by atoms with Crippen LogP contribution in [0.25, 0.3) is 10.1 Å². The molecule has 0 saturated heterocycles. The summed E-state index contributed by atoms with van der Waals surface area (Å²) in [5.41, 5.74) is 0. The summed E-state index contributed by atoms with van der Waals surface area (Å²) in [6, 6.07) is 7.56. The summed E-state index contributed by atoms with van der Waals surface area (Å²) in [5.74, 6) is -0.865. The quantitative estimate of drug-likeness (QED) is 0.809. The van der Waals surface area contributed by atoms with Gasteiger partial charge < -0.3 is 10.1 Å². The number of carbonyl (C=O) groups excluding carboxylic acids is 2. The van der Waals surface area contributed by atoms with Crippen LogP contribution in [0.2, 0.25) is 5.02 Å². The van der Waals surface area contributed by atoms with Crippen LogP contribution in [-0.4, -0.2) is 24.5 Å². The molecular weight excluding hydrogens is 322 g/mol. The van der Waals surface area contributed by atoms with Crippen molar-refractivity contribution in [1.29, 1.82) is 0 Å². The summed E-state index contributed by atoms with van der Waals surface area (Å²) >= 11 is 7.47. The fourth-order valence-corrected chi connectivity index (χ4v) is 3.57. The Bertz CT molecular complexity index is 683. The first kappa shape index (κ1) is 16.8. The molecule has 1 N–H and O–H groups in total. The van der Waals surface area contributed by atoms with E-state index in [4.69, 9.17) is 16.3 Å². The average Bonchev–Trinajstić information content (AvgIpc) is 2.83. The molecule has 1 aromatic carbocycles. The van der Waals surface area contributed by atoms with E-state index in [2.05, 4.69) is 5.32 Å². The Hall–Kier alpha value is -1.59. The number of halogens is 1. The van der Waals surface area contributed by atoms with Gasteiger partial charge >= 0.3 is 5.97 Å². The molecule has 0 saturated carbocycles. The van der Waals surface area contributed by atoms with Crippen molar-refractivity contribution in [2.75, 3.05) is 6.61 Å². The Morgan fingerprint density at radius 3 is 2.77 bits per heavy atom. The predicted octanol–water partition coefficient (Wildman–Crippen LogP) is 4.02. The van der Waals surface area contributed by atoms with E-state index in [1.807, 2.05) is 38.1 Å². The number of nitrogens with one attached hydrogen (secondary N) is 1. The Morgan fingerprint density at radius 2 is 2.09 bits per heavy atom. The van der Waals surface area contributed by atoms with Crippen LogP contribution < -0.4 is 5.32 Å². The second-order valence-electron chi connectivity index (χ2n) is 5.07. The standard InChI is InChI=1S/C16H18ClNO3S/c1-3-6-10(2)18-13(19)9-21-16(20)15-14(17)11-7-4-5-8-12(11)22-15/h4-5,7-8,10H,3,6,9H2,1-2H3,(H,18,19)/t10-/m0/s1. The highest BCUT2D eigenvalue weighted by atomic mass is 35.5. The van der Waals surface area contributed by atoms with E-state index in [-0.39, 0.29) is 18.6 Å². The highest BCUT2D eigenvalue weighted by Gasteiger charge is 2.19. The van der Waals surface area contributed by atoms with E-state index in [0.717, 1.165) is 22.9 Å². The van der Waals surface area contributed by atoms with Gasteiger partial charge in [0, 0.05) is 16.1 Å². The van der Waals surface area contributed by atoms with Crippen molar-refractivity contribution in [1.82, 2.24) is 5.32 Å². The first-order valence-corrected chi connectivity index (χ1v) is 8.36. The Kier molecular flexibility index (Phi) is 5.80. The number of fused-ring (bicyclic) bond motifs is 1. The molecule has 4 nitrogen and oxygen atoms in total. The third kappa shape index (κ3) is 3.99. The van der Waals surface area contributed by atoms with Gasteiger partial charge in [-0.25, -0.2) is 4.79 Å². The van der Waals surface area contributed by atoms with Crippen molar-refractivity contribution in [3.8, 4) is 0 Å². The topological polar surface area (TPSA) is 55.4 Å². The number of benzene rings is 1. The molecule has 2 rings (SSSR count). The van der Waals surface area contributed by atoms with E-state index in [1.54, 1.807) is 0 Å². The minimum absolute atomic E-state index is 0.0733. The molecule has 1 heterocycles. The first-order chi connectivity index (χ1) is 10.5. The molecule has 6 heteroatoms. The first-order valence-electron chi connectivity index (χ1n) is 7.16. The average molecular weight is 340 g/mol. The lowest BCUT2D eigenvalue weighted by molar-refractivity contribution is -0.124. The number of hydrogen-bond acceptors (Lipinski definition) is 4. The van der Waals surface area contributed by atoms with Crippen molar-refractivity contribution >= 4 is 44.9 Å². The Balaban J connectivity index is 1.97. The van der Waals surface area contributed by atoms with Crippen molar-refractivity contribution in [3.63, 3.8) is 0 Å². The molecule has 22 heavy (non-hydrogen) atoms. The van der Waals surface area contributed by atoms with Crippen LogP contribution in [0.15, 0.2) is 24.3 Å². The molecule has 0 unspecified atom stereocenters. The van der Waals surface area contributed by atoms with E-state index in [0.29, 0.717) is 9.90 Å². The SMILES string of the molecule is CCC[C@H](C)NC(=O)COC(=O)c1sc2ccccc2c1Cl. The van der Waals surface area contributed by atoms with Gasteiger partial charge in [-0.1, -0.05) is 43.1 Å². The van der Waals surface area contributed by atoms with Gasteiger partial charge in [-0.05, 0) is 19.4 Å². The summed E-state index contributed by atoms with van der Waals surface area (Å²) in [6.45, 7) is 3.68. The minimum Gasteiger partial charge on any atom is -0.451 e. The molecule has 0 fully saturated rings. The van der Waals surface area contributed by atoms with E-state index < -0.39 is 5.97 Å². The zero-order valence-electron chi connectivity index (χ0n) is 12.5. The van der Waals surface area contributed by atoms with E-state index in [9.17, 15) is 9.59 Å². The van der Waals surface area contributed by atoms with Crippen LogP contribution in [0.4, 0.5) is 0 Å². The van der Waals surface area contributed by atoms with Gasteiger partial charge in [0.1, 0.15) is 4.88 Å². The van der Waals surface area contributed by atoms with Crippen LogP contribution in [0, 0.1) is 0 Å². The summed E-state index contributed by atoms with van der Waals surface area (Å²) in [5, 5.41) is 3.98. The molecule has 1 atom stereocenters. The lowest BCUT2D eigenvalue weighted by Gasteiger charge is -2.12. The smallest absolute Gasteiger partial charge is 0.350 e. The Morgan fingerprint density at radius 1 is 1.36 bits per heavy atom. The highest BCUT2D eigenvalue weighted by molar-refractivity contribution is 7.21. The minimum atomic E-state index is -0.565. The summed E-state index contributed by atoms with van der Waals surface area (Å²) in [4.78, 5) is 24.1. The Labute approximate surface area is 138 Å². The molecule has 1 amide bonds. The fourth-order valence-electron chi connectivity index (χ4n) is 2.16. The monoisotopic (exact) mass is 339 g/mol. The van der Waals surface area contributed by atoms with Crippen LogP contribution in [-0.2, 0) is 9.53 Å². The maximum absolute atomic E-state index is 12.1. The van der Waals surface area contributed by atoms with Crippen LogP contribution >= 0.6 is 22.9 Å². The van der Waals surface area contributed by atoms with Gasteiger partial charge in [0.05, 0.1) is 5.02 Å². The number of esters is 1. The van der Waals surface area contributed by atoms with Gasteiger partial charge in [0.15, 0.2) is 6.61 Å². The molecular formula is C16H18ClNO3S. The number of rotatable bonds is 6.